The van der Waals surface area contributed by atoms with Gasteiger partial charge in [0.1, 0.15) is 0 Å². The largest absolute Gasteiger partial charge is 0.493 e. The molecule has 178 valence electrons. The second-order valence-electron chi connectivity index (χ2n) is 8.09. The zero-order valence-corrected chi connectivity index (χ0v) is 19.9. The molecule has 1 aromatic heterocycles. The molecule has 0 aliphatic carbocycles. The van der Waals surface area contributed by atoms with Gasteiger partial charge in [0, 0.05) is 30.1 Å². The number of non-ortho nitro benzene ring substituents is 1. The molecule has 1 heterocycles. The number of hydrogen-bond acceptors (Lipinski definition) is 6. The van der Waals surface area contributed by atoms with Crippen LogP contribution in [0, 0.1) is 10.1 Å². The molecule has 1 unspecified atom stereocenters. The van der Waals surface area contributed by atoms with Crippen molar-refractivity contribution in [1.29, 1.82) is 0 Å². The fourth-order valence-corrected chi connectivity index (χ4v) is 3.98. The number of rotatable bonds is 7. The van der Waals surface area contributed by atoms with Gasteiger partial charge in [-0.05, 0) is 42.8 Å². The number of fused-ring (bicyclic) bond motifs is 1. The van der Waals surface area contributed by atoms with E-state index < -0.39 is 4.92 Å². The van der Waals surface area contributed by atoms with Crippen LogP contribution in [-0.4, -0.2) is 42.0 Å². The van der Waals surface area contributed by atoms with Gasteiger partial charge in [0.25, 0.3) is 11.6 Å². The van der Waals surface area contributed by atoms with Crippen molar-refractivity contribution in [2.24, 2.45) is 0 Å². The number of para-hydroxylation sites is 1. The van der Waals surface area contributed by atoms with Crippen LogP contribution in [-0.2, 0) is 0 Å². The normalized spacial score (nSPS) is 11.7. The SMILES string of the molecule is COc1ccc(-c2cc(C(=O)N(C)C(C)c3cccc([N+](=O)[O-])c3)c3ccccc3n2)cc1OC. The number of nitro benzene ring substituents is 1. The highest BCUT2D eigenvalue weighted by Crippen LogP contribution is 2.34. The molecule has 8 nitrogen and oxygen atoms in total. The third-order valence-electron chi connectivity index (χ3n) is 6.09. The van der Waals surface area contributed by atoms with Crippen LogP contribution in [0.4, 0.5) is 5.69 Å². The Bertz CT molecular complexity index is 1420. The van der Waals surface area contributed by atoms with Crippen molar-refractivity contribution < 1.29 is 19.2 Å². The molecule has 0 radical (unpaired) electrons. The number of aromatic nitrogens is 1. The molecule has 0 fully saturated rings. The Morgan fingerprint density at radius 2 is 1.71 bits per heavy atom. The molecule has 0 spiro atoms. The predicted octanol–water partition coefficient (Wildman–Crippen LogP) is 5.66. The zero-order chi connectivity index (χ0) is 25.1. The van der Waals surface area contributed by atoms with E-state index in [1.54, 1.807) is 50.4 Å². The minimum absolute atomic E-state index is 0.0136. The molecular formula is C27H25N3O5. The molecule has 8 heteroatoms. The fourth-order valence-electron chi connectivity index (χ4n) is 3.98. The summed E-state index contributed by atoms with van der Waals surface area (Å²) in [5.41, 5.74) is 3.22. The number of carbonyl (C=O) groups excluding carboxylic acids is 1. The van der Waals surface area contributed by atoms with Crippen LogP contribution in [0.15, 0.2) is 72.8 Å². The molecule has 0 saturated carbocycles. The summed E-state index contributed by atoms with van der Waals surface area (Å²) in [7, 11) is 4.83. The molecule has 0 aliphatic heterocycles. The number of nitro groups is 1. The van der Waals surface area contributed by atoms with E-state index in [9.17, 15) is 14.9 Å². The van der Waals surface area contributed by atoms with Gasteiger partial charge >= 0.3 is 0 Å². The number of amides is 1. The quantitative estimate of drug-likeness (QED) is 0.255. The number of hydrogen-bond donors (Lipinski definition) is 0. The van der Waals surface area contributed by atoms with Gasteiger partial charge in [-0.25, -0.2) is 4.98 Å². The Labute approximate surface area is 202 Å². The first-order valence-corrected chi connectivity index (χ1v) is 11.0. The van der Waals surface area contributed by atoms with Gasteiger partial charge in [0.15, 0.2) is 11.5 Å². The fraction of sp³-hybridized carbons (Fsp3) is 0.185. The monoisotopic (exact) mass is 471 g/mol. The number of nitrogens with zero attached hydrogens (tertiary/aromatic N) is 3. The molecule has 0 aliphatic rings. The molecular weight excluding hydrogens is 446 g/mol. The van der Waals surface area contributed by atoms with Crippen LogP contribution in [0.3, 0.4) is 0 Å². The van der Waals surface area contributed by atoms with Crippen molar-refractivity contribution in [3.8, 4) is 22.8 Å². The van der Waals surface area contributed by atoms with Crippen molar-refractivity contribution in [3.05, 3.63) is 94.0 Å². The Kier molecular flexibility index (Phi) is 6.64. The summed E-state index contributed by atoms with van der Waals surface area (Å²) in [6, 6.07) is 20.6. The highest BCUT2D eigenvalue weighted by Gasteiger charge is 2.23. The highest BCUT2D eigenvalue weighted by molar-refractivity contribution is 6.07. The van der Waals surface area contributed by atoms with Crippen molar-refractivity contribution in [1.82, 2.24) is 9.88 Å². The smallest absolute Gasteiger partial charge is 0.269 e. The lowest BCUT2D eigenvalue weighted by molar-refractivity contribution is -0.384. The van der Waals surface area contributed by atoms with E-state index >= 15 is 0 Å². The van der Waals surface area contributed by atoms with E-state index in [1.165, 1.54) is 12.1 Å². The molecule has 1 atom stereocenters. The van der Waals surface area contributed by atoms with Crippen LogP contribution in [0.25, 0.3) is 22.2 Å². The first-order valence-electron chi connectivity index (χ1n) is 11.0. The lowest BCUT2D eigenvalue weighted by Crippen LogP contribution is -2.30. The number of methoxy groups -OCH3 is 2. The molecule has 0 N–H and O–H groups in total. The van der Waals surface area contributed by atoms with Gasteiger partial charge in [-0.15, -0.1) is 0 Å². The van der Waals surface area contributed by atoms with Crippen molar-refractivity contribution in [2.75, 3.05) is 21.3 Å². The summed E-state index contributed by atoms with van der Waals surface area (Å²) in [4.78, 5) is 30.8. The summed E-state index contributed by atoms with van der Waals surface area (Å²) < 4.78 is 10.8. The second-order valence-corrected chi connectivity index (χ2v) is 8.09. The van der Waals surface area contributed by atoms with Gasteiger partial charge in [0.2, 0.25) is 0 Å². The Hall–Kier alpha value is -4.46. The van der Waals surface area contributed by atoms with Crippen molar-refractivity contribution in [3.63, 3.8) is 0 Å². The topological polar surface area (TPSA) is 94.8 Å². The van der Waals surface area contributed by atoms with Gasteiger partial charge < -0.3 is 14.4 Å². The van der Waals surface area contributed by atoms with Crippen LogP contribution in [0.1, 0.15) is 28.9 Å². The maximum atomic E-state index is 13.7. The Balaban J connectivity index is 1.77. The van der Waals surface area contributed by atoms with Crippen LogP contribution >= 0.6 is 0 Å². The summed E-state index contributed by atoms with van der Waals surface area (Å²) in [6.45, 7) is 1.84. The minimum atomic E-state index is -0.441. The summed E-state index contributed by atoms with van der Waals surface area (Å²) in [6.07, 6.45) is 0. The van der Waals surface area contributed by atoms with E-state index in [4.69, 9.17) is 14.5 Å². The Morgan fingerprint density at radius 1 is 0.971 bits per heavy atom. The van der Waals surface area contributed by atoms with E-state index in [-0.39, 0.29) is 17.6 Å². The minimum Gasteiger partial charge on any atom is -0.493 e. The molecule has 0 saturated heterocycles. The molecule has 4 aromatic rings. The summed E-state index contributed by atoms with van der Waals surface area (Å²) in [5.74, 6) is 0.937. The van der Waals surface area contributed by atoms with Gasteiger partial charge in [-0.2, -0.15) is 0 Å². The van der Waals surface area contributed by atoms with E-state index in [0.29, 0.717) is 33.8 Å². The standard InChI is InChI=1S/C27H25N3O5/c1-17(18-8-7-9-20(14-18)30(32)33)29(2)27(31)22-16-24(28-23-11-6-5-10-21(22)23)19-12-13-25(34-3)26(15-19)35-4/h5-17H,1-4H3. The van der Waals surface area contributed by atoms with Gasteiger partial charge in [-0.3, -0.25) is 14.9 Å². The second kappa shape index (κ2) is 9.80. The molecule has 4 rings (SSSR count). The van der Waals surface area contributed by atoms with E-state index in [0.717, 1.165) is 10.9 Å². The lowest BCUT2D eigenvalue weighted by atomic mass is 10.0. The number of benzene rings is 3. The lowest BCUT2D eigenvalue weighted by Gasteiger charge is -2.26. The first-order chi connectivity index (χ1) is 16.8. The Morgan fingerprint density at radius 3 is 2.43 bits per heavy atom. The number of carbonyl (C=O) groups is 1. The molecule has 35 heavy (non-hydrogen) atoms. The van der Waals surface area contributed by atoms with Gasteiger partial charge in [-0.1, -0.05) is 30.3 Å². The van der Waals surface area contributed by atoms with Crippen LogP contribution in [0.5, 0.6) is 11.5 Å². The van der Waals surface area contributed by atoms with Crippen molar-refractivity contribution >= 4 is 22.5 Å². The maximum absolute atomic E-state index is 13.7. The number of ether oxygens (including phenoxy) is 2. The first kappa shape index (κ1) is 23.7. The van der Waals surface area contributed by atoms with Crippen molar-refractivity contribution in [2.45, 2.75) is 13.0 Å². The third-order valence-corrected chi connectivity index (χ3v) is 6.09. The average molecular weight is 472 g/mol. The zero-order valence-electron chi connectivity index (χ0n) is 19.9. The molecule has 0 bridgehead atoms. The van der Waals surface area contributed by atoms with Gasteiger partial charge in [0.05, 0.1) is 42.0 Å². The summed E-state index contributed by atoms with van der Waals surface area (Å²) >= 11 is 0. The van der Waals surface area contributed by atoms with E-state index in [1.807, 2.05) is 43.3 Å². The highest BCUT2D eigenvalue weighted by atomic mass is 16.6. The third kappa shape index (κ3) is 4.63. The molecule has 3 aromatic carbocycles. The summed E-state index contributed by atoms with van der Waals surface area (Å²) in [5, 5.41) is 11.9. The van der Waals surface area contributed by atoms with Crippen LogP contribution in [0.2, 0.25) is 0 Å². The molecule has 1 amide bonds. The number of pyridine rings is 1. The predicted molar refractivity (Wildman–Crippen MR) is 134 cm³/mol. The van der Waals surface area contributed by atoms with E-state index in [2.05, 4.69) is 0 Å². The maximum Gasteiger partial charge on any atom is 0.269 e. The average Bonchev–Trinajstić information content (AvgIpc) is 2.90. The van der Waals surface area contributed by atoms with Crippen LogP contribution < -0.4 is 9.47 Å².